The van der Waals surface area contributed by atoms with Gasteiger partial charge in [-0.25, -0.2) is 9.18 Å². The predicted octanol–water partition coefficient (Wildman–Crippen LogP) is 1.73. The molecular formula is C30H39FN8O3. The van der Waals surface area contributed by atoms with E-state index in [9.17, 15) is 18.8 Å². The fourth-order valence-corrected chi connectivity index (χ4v) is 5.95. The van der Waals surface area contributed by atoms with E-state index in [1.807, 2.05) is 4.57 Å². The van der Waals surface area contributed by atoms with Crippen molar-refractivity contribution in [3.05, 3.63) is 50.9 Å². The number of nitrogens with two attached hydrogens (primary N) is 1. The number of carbonyl (C=O) groups is 1. The number of nitrogens with one attached hydrogen (secondary N) is 1. The van der Waals surface area contributed by atoms with Crippen molar-refractivity contribution in [2.24, 2.45) is 18.7 Å². The van der Waals surface area contributed by atoms with E-state index in [0.717, 1.165) is 32.5 Å². The van der Waals surface area contributed by atoms with Crippen molar-refractivity contribution < 1.29 is 9.18 Å². The van der Waals surface area contributed by atoms with E-state index in [-0.39, 0.29) is 35.8 Å². The highest BCUT2D eigenvalue weighted by Gasteiger charge is 2.27. The lowest BCUT2D eigenvalue weighted by molar-refractivity contribution is -0.121. The fourth-order valence-electron chi connectivity index (χ4n) is 5.95. The van der Waals surface area contributed by atoms with Crippen molar-refractivity contribution >= 4 is 28.7 Å². The summed E-state index contributed by atoms with van der Waals surface area (Å²) in [5.74, 6) is 6.07. The van der Waals surface area contributed by atoms with Gasteiger partial charge in [-0.15, -0.1) is 5.92 Å². The van der Waals surface area contributed by atoms with Gasteiger partial charge in [0.1, 0.15) is 5.82 Å². The van der Waals surface area contributed by atoms with Crippen LogP contribution in [-0.4, -0.2) is 68.3 Å². The Labute approximate surface area is 244 Å². The number of likely N-dealkylation sites (tertiary alicyclic amines) is 1. The Morgan fingerprint density at radius 1 is 1.10 bits per heavy atom. The second kappa shape index (κ2) is 12.9. The Morgan fingerprint density at radius 2 is 1.83 bits per heavy atom. The second-order valence-corrected chi connectivity index (χ2v) is 11.2. The zero-order valence-electron chi connectivity index (χ0n) is 24.3. The molecule has 3 aromatic rings. The molecule has 2 aliphatic heterocycles. The van der Waals surface area contributed by atoms with Crippen LogP contribution in [0.2, 0.25) is 0 Å². The first kappa shape index (κ1) is 29.5. The van der Waals surface area contributed by atoms with Crippen LogP contribution in [0.1, 0.15) is 39.0 Å². The molecule has 0 saturated carbocycles. The number of piperidine rings is 2. The van der Waals surface area contributed by atoms with Gasteiger partial charge >= 0.3 is 5.69 Å². The highest BCUT2D eigenvalue weighted by molar-refractivity contribution is 5.92. The molecule has 2 fully saturated rings. The molecule has 12 heteroatoms. The maximum absolute atomic E-state index is 13.7. The monoisotopic (exact) mass is 578 g/mol. The first-order chi connectivity index (χ1) is 20.3. The molecular weight excluding hydrogens is 539 g/mol. The molecule has 0 radical (unpaired) electrons. The van der Waals surface area contributed by atoms with Crippen LogP contribution in [0.5, 0.6) is 0 Å². The number of amides is 1. The normalized spacial score (nSPS) is 18.2. The molecule has 1 atom stereocenters. The van der Waals surface area contributed by atoms with Crippen LogP contribution < -0.4 is 27.2 Å². The third-order valence-corrected chi connectivity index (χ3v) is 8.29. The van der Waals surface area contributed by atoms with Crippen LogP contribution in [0.3, 0.4) is 0 Å². The van der Waals surface area contributed by atoms with Gasteiger partial charge in [0, 0.05) is 44.3 Å². The molecule has 1 aromatic carbocycles. The lowest BCUT2D eigenvalue weighted by atomic mass is 9.95. The molecule has 224 valence electrons. The third-order valence-electron chi connectivity index (χ3n) is 8.29. The summed E-state index contributed by atoms with van der Waals surface area (Å²) >= 11 is 0. The van der Waals surface area contributed by atoms with Crippen LogP contribution in [0, 0.1) is 23.6 Å². The number of hydrogen-bond acceptors (Lipinski definition) is 7. The van der Waals surface area contributed by atoms with Crippen molar-refractivity contribution in [1.82, 2.24) is 23.6 Å². The van der Waals surface area contributed by atoms with Crippen molar-refractivity contribution in [3.8, 4) is 11.8 Å². The van der Waals surface area contributed by atoms with Crippen LogP contribution in [0.25, 0.3) is 11.2 Å². The molecule has 2 aliphatic rings. The Kier molecular flexibility index (Phi) is 9.09. The molecule has 0 unspecified atom stereocenters. The number of imidazole rings is 1. The van der Waals surface area contributed by atoms with Crippen molar-refractivity contribution in [1.29, 1.82) is 0 Å². The van der Waals surface area contributed by atoms with E-state index in [2.05, 4.69) is 27.0 Å². The quantitative estimate of drug-likeness (QED) is 0.390. The SMILES string of the molecule is CC#CCn1c(N2CCC[C@@H](N)C2)nc2c1c(=O)n(CCCN1CCC(C(=O)Nc3ccc(F)cc3)CC1)c(=O)n2C. The lowest BCUT2D eigenvalue weighted by Crippen LogP contribution is -2.44. The van der Waals surface area contributed by atoms with E-state index >= 15 is 0 Å². The number of rotatable bonds is 8. The van der Waals surface area contributed by atoms with Gasteiger partial charge in [-0.2, -0.15) is 4.98 Å². The zero-order chi connectivity index (χ0) is 29.8. The first-order valence-electron chi connectivity index (χ1n) is 14.7. The van der Waals surface area contributed by atoms with Crippen LogP contribution in [-0.2, 0) is 24.9 Å². The fraction of sp³-hybridized carbons (Fsp3) is 0.533. The number of aryl methyl sites for hydroxylation is 1. The average molecular weight is 579 g/mol. The molecule has 42 heavy (non-hydrogen) atoms. The third kappa shape index (κ3) is 6.27. The van der Waals surface area contributed by atoms with E-state index in [4.69, 9.17) is 10.7 Å². The van der Waals surface area contributed by atoms with Gasteiger partial charge in [0.15, 0.2) is 11.2 Å². The van der Waals surface area contributed by atoms with Gasteiger partial charge in [-0.3, -0.25) is 23.3 Å². The Balaban J connectivity index is 1.26. The molecule has 11 nitrogen and oxygen atoms in total. The number of nitrogens with zero attached hydrogens (tertiary/aromatic N) is 6. The summed E-state index contributed by atoms with van der Waals surface area (Å²) in [7, 11) is 1.65. The second-order valence-electron chi connectivity index (χ2n) is 11.2. The number of benzene rings is 1. The van der Waals surface area contributed by atoms with Crippen molar-refractivity contribution in [2.45, 2.75) is 58.2 Å². The number of aromatic nitrogens is 4. The van der Waals surface area contributed by atoms with E-state index < -0.39 is 5.69 Å². The highest BCUT2D eigenvalue weighted by Crippen LogP contribution is 2.23. The van der Waals surface area contributed by atoms with E-state index in [1.54, 1.807) is 26.1 Å². The summed E-state index contributed by atoms with van der Waals surface area (Å²) in [4.78, 5) is 48.8. The number of carbonyl (C=O) groups excluding carboxylic acids is 1. The van der Waals surface area contributed by atoms with Gasteiger partial charge in [0.05, 0.1) is 6.54 Å². The average Bonchev–Trinajstić information content (AvgIpc) is 3.38. The van der Waals surface area contributed by atoms with Gasteiger partial charge in [0.25, 0.3) is 5.56 Å². The van der Waals surface area contributed by atoms with Crippen molar-refractivity contribution in [2.75, 3.05) is 42.9 Å². The number of hydrogen-bond donors (Lipinski definition) is 2. The largest absolute Gasteiger partial charge is 0.341 e. The molecule has 2 aromatic heterocycles. The molecule has 5 rings (SSSR count). The standard InChI is InChI=1S/C30H39FN8O3/c1-3-4-16-38-25-26(34-29(38)37-15-5-7-23(32)20-37)35(2)30(42)39(28(25)41)17-6-14-36-18-12-21(13-19-36)27(40)33-24-10-8-22(31)9-11-24/h8-11,21,23H,5-7,12-20,32H2,1-2H3,(H,33,40)/t23-/m1/s1. The maximum atomic E-state index is 13.7. The summed E-state index contributed by atoms with van der Waals surface area (Å²) in [5, 5.41) is 2.87. The van der Waals surface area contributed by atoms with Gasteiger partial charge in [0.2, 0.25) is 11.9 Å². The van der Waals surface area contributed by atoms with Crippen LogP contribution >= 0.6 is 0 Å². The summed E-state index contributed by atoms with van der Waals surface area (Å²) in [6.07, 6.45) is 3.91. The summed E-state index contributed by atoms with van der Waals surface area (Å²) in [6, 6.07) is 5.79. The Hall–Kier alpha value is -3.95. The van der Waals surface area contributed by atoms with Gasteiger partial charge < -0.3 is 20.9 Å². The topological polar surface area (TPSA) is 123 Å². The zero-order valence-corrected chi connectivity index (χ0v) is 24.3. The number of fused-ring (bicyclic) bond motifs is 1. The van der Waals surface area contributed by atoms with Crippen LogP contribution in [0.4, 0.5) is 16.0 Å². The highest BCUT2D eigenvalue weighted by atomic mass is 19.1. The summed E-state index contributed by atoms with van der Waals surface area (Å²) < 4.78 is 17.7. The first-order valence-corrected chi connectivity index (χ1v) is 14.7. The maximum Gasteiger partial charge on any atom is 0.332 e. The lowest BCUT2D eigenvalue weighted by Gasteiger charge is -2.31. The molecule has 0 bridgehead atoms. The molecule has 3 N–H and O–H groups in total. The Morgan fingerprint density at radius 3 is 2.52 bits per heavy atom. The molecule has 0 aliphatic carbocycles. The smallest absolute Gasteiger partial charge is 0.332 e. The Bertz CT molecular complexity index is 1610. The van der Waals surface area contributed by atoms with Gasteiger partial charge in [-0.05, 0) is 82.9 Å². The summed E-state index contributed by atoms with van der Waals surface area (Å²) in [6.45, 7) is 5.95. The molecule has 0 spiro atoms. The number of anilines is 2. The van der Waals surface area contributed by atoms with Crippen molar-refractivity contribution in [3.63, 3.8) is 0 Å². The predicted molar refractivity (Wildman–Crippen MR) is 161 cm³/mol. The minimum absolute atomic E-state index is 0.0269. The minimum Gasteiger partial charge on any atom is -0.341 e. The van der Waals surface area contributed by atoms with E-state index in [0.29, 0.717) is 61.7 Å². The summed E-state index contributed by atoms with van der Waals surface area (Å²) in [5.41, 5.74) is 6.79. The number of halogens is 1. The van der Waals surface area contributed by atoms with E-state index in [1.165, 1.54) is 21.3 Å². The van der Waals surface area contributed by atoms with Gasteiger partial charge in [-0.1, -0.05) is 5.92 Å². The molecule has 2 saturated heterocycles. The minimum atomic E-state index is -0.392. The molecule has 4 heterocycles. The van der Waals surface area contributed by atoms with Crippen LogP contribution in [0.15, 0.2) is 33.9 Å². The molecule has 1 amide bonds.